The molecule has 0 spiro atoms. The molecule has 0 unspecified atom stereocenters. The van der Waals surface area contributed by atoms with Crippen molar-refractivity contribution in [3.63, 3.8) is 0 Å². The fraction of sp³-hybridized carbons (Fsp3) is 0.412. The molecule has 1 aromatic heterocycles. The fourth-order valence-corrected chi connectivity index (χ4v) is 3.44. The van der Waals surface area contributed by atoms with Crippen LogP contribution in [0.25, 0.3) is 0 Å². The highest BCUT2D eigenvalue weighted by Crippen LogP contribution is 2.22. The van der Waals surface area contributed by atoms with E-state index in [1.807, 2.05) is 28.9 Å². The third-order valence-corrected chi connectivity index (χ3v) is 5.16. The molecule has 0 bridgehead atoms. The van der Waals surface area contributed by atoms with E-state index in [-0.39, 0.29) is 12.1 Å². The molecule has 2 amide bonds. The van der Waals surface area contributed by atoms with Crippen molar-refractivity contribution in [3.8, 4) is 0 Å². The largest absolute Gasteiger partial charge is 0.322 e. The molecular weight excluding hydrogens is 324 g/mol. The summed E-state index contributed by atoms with van der Waals surface area (Å²) in [6.07, 6.45) is 7.50. The Balaban J connectivity index is 1.63. The normalized spacial score (nSPS) is 19.1. The van der Waals surface area contributed by atoms with Gasteiger partial charge in [0.2, 0.25) is 0 Å². The summed E-state index contributed by atoms with van der Waals surface area (Å²) in [4.78, 5) is 15.1. The molecule has 0 saturated carbocycles. The zero-order valence-electron chi connectivity index (χ0n) is 13.9. The summed E-state index contributed by atoms with van der Waals surface area (Å²) in [5.74, 6) is 0. The Hall–Kier alpha value is -2.15. The summed E-state index contributed by atoms with van der Waals surface area (Å²) in [7, 11) is -1.01. The van der Waals surface area contributed by atoms with E-state index in [2.05, 4.69) is 10.4 Å². The van der Waals surface area contributed by atoms with E-state index in [0.717, 1.165) is 29.8 Å². The first kappa shape index (κ1) is 16.7. The number of carbonyl (C=O) groups is 1. The van der Waals surface area contributed by atoms with Crippen LogP contribution in [-0.2, 0) is 10.8 Å². The predicted octanol–water partition coefficient (Wildman–Crippen LogP) is 2.80. The van der Waals surface area contributed by atoms with Crippen LogP contribution in [0.4, 0.5) is 10.5 Å². The van der Waals surface area contributed by atoms with E-state index >= 15 is 0 Å². The number of nitrogens with zero attached hydrogens (tertiary/aromatic N) is 3. The second kappa shape index (κ2) is 7.17. The van der Waals surface area contributed by atoms with Gasteiger partial charge in [-0.15, -0.1) is 0 Å². The Morgan fingerprint density at radius 3 is 2.71 bits per heavy atom. The van der Waals surface area contributed by atoms with Crippen molar-refractivity contribution in [3.05, 3.63) is 42.2 Å². The molecule has 3 rings (SSSR count). The van der Waals surface area contributed by atoms with Gasteiger partial charge in [-0.25, -0.2) is 4.79 Å². The van der Waals surface area contributed by atoms with E-state index in [1.165, 1.54) is 0 Å². The number of hydrogen-bond acceptors (Lipinski definition) is 3. The van der Waals surface area contributed by atoms with Gasteiger partial charge >= 0.3 is 6.03 Å². The molecule has 1 aliphatic rings. The monoisotopic (exact) mass is 346 g/mol. The zero-order valence-corrected chi connectivity index (χ0v) is 14.8. The molecule has 7 heteroatoms. The number of aryl methyl sites for hydroxylation is 1. The van der Waals surface area contributed by atoms with Crippen molar-refractivity contribution in [1.29, 1.82) is 0 Å². The molecular formula is C17H22N4O2S. The lowest BCUT2D eigenvalue weighted by Gasteiger charge is -2.32. The minimum Gasteiger partial charge on any atom is -0.322 e. The van der Waals surface area contributed by atoms with Crippen LogP contribution in [0.5, 0.6) is 0 Å². The zero-order chi connectivity index (χ0) is 17.1. The topological polar surface area (TPSA) is 67.2 Å². The minimum atomic E-state index is -1.01. The molecule has 1 aliphatic heterocycles. The van der Waals surface area contributed by atoms with Crippen molar-refractivity contribution in [2.45, 2.75) is 30.7 Å². The van der Waals surface area contributed by atoms with Crippen LogP contribution in [0.15, 0.2) is 41.6 Å². The molecule has 2 heterocycles. The minimum absolute atomic E-state index is 0.103. The Kier molecular flexibility index (Phi) is 4.99. The van der Waals surface area contributed by atoms with Gasteiger partial charge in [0.25, 0.3) is 0 Å². The summed E-state index contributed by atoms with van der Waals surface area (Å²) < 4.78 is 13.4. The number of urea groups is 1. The number of nitrogens with one attached hydrogen (secondary N) is 1. The molecule has 6 nitrogen and oxygen atoms in total. The molecule has 24 heavy (non-hydrogen) atoms. The molecule has 128 valence electrons. The Bertz CT molecular complexity index is 741. The number of amides is 2. The molecule has 0 radical (unpaired) electrons. The first-order valence-electron chi connectivity index (χ1n) is 8.03. The van der Waals surface area contributed by atoms with Gasteiger partial charge in [0, 0.05) is 46.9 Å². The van der Waals surface area contributed by atoms with Crippen LogP contribution in [0.1, 0.15) is 24.4 Å². The number of hydrogen-bond donors (Lipinski definition) is 1. The van der Waals surface area contributed by atoms with Gasteiger partial charge in [-0.2, -0.15) is 5.10 Å². The van der Waals surface area contributed by atoms with Crippen LogP contribution < -0.4 is 5.32 Å². The second-order valence-electron chi connectivity index (χ2n) is 6.15. The van der Waals surface area contributed by atoms with E-state index in [1.54, 1.807) is 30.5 Å². The summed E-state index contributed by atoms with van der Waals surface area (Å²) in [5.41, 5.74) is 1.84. The fourth-order valence-electron chi connectivity index (χ4n) is 2.92. The highest BCUT2D eigenvalue weighted by Gasteiger charge is 2.25. The Morgan fingerprint density at radius 2 is 2.08 bits per heavy atom. The van der Waals surface area contributed by atoms with Crippen molar-refractivity contribution in [1.82, 2.24) is 14.7 Å². The number of likely N-dealkylation sites (tertiary alicyclic amines) is 1. The lowest BCUT2D eigenvalue weighted by Crippen LogP contribution is -2.43. The van der Waals surface area contributed by atoms with Gasteiger partial charge in [-0.1, -0.05) is 0 Å². The second-order valence-corrected chi connectivity index (χ2v) is 7.53. The number of anilines is 1. The van der Waals surface area contributed by atoms with Gasteiger partial charge in [-0.05, 0) is 49.6 Å². The maximum Gasteiger partial charge on any atom is 0.321 e. The van der Waals surface area contributed by atoms with Crippen LogP contribution in [0.2, 0.25) is 0 Å². The molecule has 1 N–H and O–H groups in total. The van der Waals surface area contributed by atoms with Gasteiger partial charge < -0.3 is 10.2 Å². The highest BCUT2D eigenvalue weighted by atomic mass is 32.2. The lowest BCUT2D eigenvalue weighted by molar-refractivity contribution is 0.175. The molecule has 1 fully saturated rings. The van der Waals surface area contributed by atoms with Crippen molar-refractivity contribution < 1.29 is 9.00 Å². The summed E-state index contributed by atoms with van der Waals surface area (Å²) in [5, 5.41) is 7.29. The first-order valence-corrected chi connectivity index (χ1v) is 9.59. The summed E-state index contributed by atoms with van der Waals surface area (Å²) in [6.45, 7) is 3.42. The summed E-state index contributed by atoms with van der Waals surface area (Å²) >= 11 is 0. The van der Waals surface area contributed by atoms with Gasteiger partial charge in [-0.3, -0.25) is 8.89 Å². The van der Waals surface area contributed by atoms with E-state index in [4.69, 9.17) is 0 Å². The first-order chi connectivity index (χ1) is 11.5. The number of carbonyl (C=O) groups excluding carboxylic acids is 1. The van der Waals surface area contributed by atoms with Crippen molar-refractivity contribution in [2.24, 2.45) is 0 Å². The quantitative estimate of drug-likeness (QED) is 0.929. The average Bonchev–Trinajstić information content (AvgIpc) is 3.02. The standard InChI is InChI=1S/C17H22N4O2S/c1-13-10-18-21(11-13)15-4-3-9-20(12-15)17(22)19-14-5-7-16(8-6-14)24(2)23/h5-8,10-11,15H,3-4,9,12H2,1-2H3,(H,19,22)/t15-,24-/m0/s1. The van der Waals surface area contributed by atoms with Crippen LogP contribution in [0.3, 0.4) is 0 Å². The predicted molar refractivity (Wildman–Crippen MR) is 94.6 cm³/mol. The smallest absolute Gasteiger partial charge is 0.321 e. The van der Waals surface area contributed by atoms with E-state index < -0.39 is 10.8 Å². The highest BCUT2D eigenvalue weighted by molar-refractivity contribution is 7.84. The van der Waals surface area contributed by atoms with E-state index in [9.17, 15) is 9.00 Å². The maximum atomic E-state index is 12.5. The molecule has 2 aromatic rings. The SMILES string of the molecule is Cc1cnn([C@H]2CCCN(C(=O)Nc3ccc([S@](C)=O)cc3)C2)c1. The van der Waals surface area contributed by atoms with Crippen LogP contribution in [-0.4, -0.2) is 44.3 Å². The maximum absolute atomic E-state index is 12.5. The third kappa shape index (κ3) is 3.84. The van der Waals surface area contributed by atoms with Crippen LogP contribution in [0, 0.1) is 6.92 Å². The van der Waals surface area contributed by atoms with Gasteiger partial charge in [0.1, 0.15) is 0 Å². The Morgan fingerprint density at radius 1 is 1.33 bits per heavy atom. The molecule has 1 aromatic carbocycles. The molecule has 2 atom stereocenters. The van der Waals surface area contributed by atoms with Crippen LogP contribution >= 0.6 is 0 Å². The lowest BCUT2D eigenvalue weighted by atomic mass is 10.1. The third-order valence-electron chi connectivity index (χ3n) is 4.23. The number of benzene rings is 1. The molecule has 0 aliphatic carbocycles. The average molecular weight is 346 g/mol. The number of rotatable bonds is 3. The number of piperidine rings is 1. The van der Waals surface area contributed by atoms with Gasteiger partial charge in [0.05, 0.1) is 12.2 Å². The van der Waals surface area contributed by atoms with E-state index in [0.29, 0.717) is 12.2 Å². The molecule has 1 saturated heterocycles. The van der Waals surface area contributed by atoms with Crippen molar-refractivity contribution in [2.75, 3.05) is 24.7 Å². The summed E-state index contributed by atoms with van der Waals surface area (Å²) in [6, 6.07) is 7.24. The van der Waals surface area contributed by atoms with Gasteiger partial charge in [0.15, 0.2) is 0 Å². The number of aromatic nitrogens is 2. The Labute approximate surface area is 144 Å². The van der Waals surface area contributed by atoms with Crippen molar-refractivity contribution >= 4 is 22.5 Å².